The highest BCUT2D eigenvalue weighted by Gasteiger charge is 2.11. The molecule has 0 saturated carbocycles. The van der Waals surface area contributed by atoms with Crippen LogP contribution in [0.25, 0.3) is 0 Å². The third-order valence-corrected chi connectivity index (χ3v) is 3.28. The van der Waals surface area contributed by atoms with Crippen LogP contribution in [0.5, 0.6) is 0 Å². The summed E-state index contributed by atoms with van der Waals surface area (Å²) in [6, 6.07) is 10.2. The van der Waals surface area contributed by atoms with Crippen molar-refractivity contribution in [2.45, 2.75) is 24.9 Å². The molecule has 0 aliphatic carbocycles. The predicted molar refractivity (Wildman–Crippen MR) is 65.9 cm³/mol. The number of amides is 1. The van der Waals surface area contributed by atoms with Crippen LogP contribution in [-0.4, -0.2) is 17.7 Å². The Labute approximate surface area is 95.5 Å². The first-order valence-electron chi connectivity index (χ1n) is 5.17. The van der Waals surface area contributed by atoms with Crippen molar-refractivity contribution in [1.82, 2.24) is 5.32 Å². The highest BCUT2D eigenvalue weighted by molar-refractivity contribution is 7.99. The van der Waals surface area contributed by atoms with Gasteiger partial charge in [-0.3, -0.25) is 4.79 Å². The highest BCUT2D eigenvalue weighted by Crippen LogP contribution is 2.17. The van der Waals surface area contributed by atoms with E-state index in [1.807, 2.05) is 32.0 Å². The van der Waals surface area contributed by atoms with Crippen LogP contribution in [0, 0.1) is 0 Å². The van der Waals surface area contributed by atoms with Gasteiger partial charge in [0, 0.05) is 12.3 Å². The van der Waals surface area contributed by atoms with Gasteiger partial charge in [-0.2, -0.15) is 0 Å². The number of carbonyl (C=O) groups is 1. The fourth-order valence-electron chi connectivity index (χ4n) is 1.19. The molecule has 1 amide bonds. The van der Waals surface area contributed by atoms with E-state index in [4.69, 9.17) is 0 Å². The van der Waals surface area contributed by atoms with Crippen LogP contribution in [-0.2, 0) is 10.5 Å². The zero-order valence-corrected chi connectivity index (χ0v) is 10.0. The van der Waals surface area contributed by atoms with E-state index in [9.17, 15) is 4.79 Å². The monoisotopic (exact) mass is 223 g/mol. The maximum absolute atomic E-state index is 11.4. The summed E-state index contributed by atoms with van der Waals surface area (Å²) >= 11 is 1.67. The fraction of sp³-hybridized carbons (Fsp3) is 0.417. The van der Waals surface area contributed by atoms with Crippen LogP contribution in [0.2, 0.25) is 0 Å². The van der Waals surface area contributed by atoms with Gasteiger partial charge in [0.25, 0.3) is 0 Å². The van der Waals surface area contributed by atoms with Crippen LogP contribution < -0.4 is 5.32 Å². The molecule has 0 unspecified atom stereocenters. The Kier molecular flexibility index (Phi) is 5.26. The van der Waals surface area contributed by atoms with Gasteiger partial charge in [0.05, 0.1) is 5.25 Å². The Balaban J connectivity index is 2.34. The molecular weight excluding hydrogens is 206 g/mol. The molecule has 0 spiro atoms. The standard InChI is InChI=1S/C12H17NOS/c1-3-13-12(14)10(2)15-9-11-7-5-4-6-8-11/h4-8,10H,3,9H2,1-2H3,(H,13,14)/t10-/m1/s1. The van der Waals surface area contributed by atoms with Crippen molar-refractivity contribution in [1.29, 1.82) is 0 Å². The average Bonchev–Trinajstić information content (AvgIpc) is 2.27. The van der Waals surface area contributed by atoms with E-state index in [1.165, 1.54) is 5.56 Å². The summed E-state index contributed by atoms with van der Waals surface area (Å²) in [5, 5.41) is 2.84. The average molecular weight is 223 g/mol. The molecule has 0 saturated heterocycles. The Bertz CT molecular complexity index is 300. The van der Waals surface area contributed by atoms with Gasteiger partial charge in [-0.1, -0.05) is 30.3 Å². The van der Waals surface area contributed by atoms with Crippen LogP contribution in [0.15, 0.2) is 30.3 Å². The van der Waals surface area contributed by atoms with E-state index in [0.717, 1.165) is 5.75 Å². The minimum Gasteiger partial charge on any atom is -0.355 e. The number of nitrogens with one attached hydrogen (secondary N) is 1. The first-order valence-corrected chi connectivity index (χ1v) is 6.22. The SMILES string of the molecule is CCNC(=O)[C@@H](C)SCc1ccccc1. The summed E-state index contributed by atoms with van der Waals surface area (Å²) < 4.78 is 0. The molecule has 0 heterocycles. The molecule has 1 aromatic rings. The van der Waals surface area contributed by atoms with Crippen LogP contribution >= 0.6 is 11.8 Å². The van der Waals surface area contributed by atoms with Gasteiger partial charge in [0.15, 0.2) is 0 Å². The lowest BCUT2D eigenvalue weighted by atomic mass is 10.2. The molecule has 3 heteroatoms. The zero-order chi connectivity index (χ0) is 11.1. The van der Waals surface area contributed by atoms with Crippen molar-refractivity contribution in [2.24, 2.45) is 0 Å². The molecule has 1 atom stereocenters. The quantitative estimate of drug-likeness (QED) is 0.830. The second-order valence-corrected chi connectivity index (χ2v) is 4.66. The smallest absolute Gasteiger partial charge is 0.232 e. The minimum absolute atomic E-state index is 0.0187. The topological polar surface area (TPSA) is 29.1 Å². The van der Waals surface area contributed by atoms with E-state index in [0.29, 0.717) is 6.54 Å². The van der Waals surface area contributed by atoms with Gasteiger partial charge in [-0.25, -0.2) is 0 Å². The Morgan fingerprint density at radius 3 is 2.67 bits per heavy atom. The Morgan fingerprint density at radius 2 is 2.07 bits per heavy atom. The number of hydrogen-bond donors (Lipinski definition) is 1. The van der Waals surface area contributed by atoms with Gasteiger partial charge in [0.2, 0.25) is 5.91 Å². The first kappa shape index (κ1) is 12.1. The van der Waals surface area contributed by atoms with Crippen LogP contribution in [0.4, 0.5) is 0 Å². The van der Waals surface area contributed by atoms with Crippen molar-refractivity contribution in [3.63, 3.8) is 0 Å². The number of thioether (sulfide) groups is 1. The molecule has 1 aromatic carbocycles. The molecule has 2 nitrogen and oxygen atoms in total. The molecule has 0 radical (unpaired) electrons. The minimum atomic E-state index is 0.0187. The molecule has 0 aliphatic rings. The summed E-state index contributed by atoms with van der Waals surface area (Å²) in [5.74, 6) is 1.01. The lowest BCUT2D eigenvalue weighted by molar-refractivity contribution is -0.120. The Morgan fingerprint density at radius 1 is 1.40 bits per heavy atom. The molecule has 0 fully saturated rings. The van der Waals surface area contributed by atoms with Gasteiger partial charge in [-0.15, -0.1) is 11.8 Å². The third kappa shape index (κ3) is 4.38. The molecule has 1 rings (SSSR count). The van der Waals surface area contributed by atoms with Crippen molar-refractivity contribution >= 4 is 17.7 Å². The summed E-state index contributed by atoms with van der Waals surface area (Å²) in [6.45, 7) is 4.58. The van der Waals surface area contributed by atoms with Gasteiger partial charge >= 0.3 is 0 Å². The molecule has 0 aliphatic heterocycles. The van der Waals surface area contributed by atoms with Crippen molar-refractivity contribution in [2.75, 3.05) is 6.54 Å². The number of rotatable bonds is 5. The van der Waals surface area contributed by atoms with E-state index < -0.39 is 0 Å². The van der Waals surface area contributed by atoms with Gasteiger partial charge in [-0.05, 0) is 19.4 Å². The first-order chi connectivity index (χ1) is 7.24. The van der Waals surface area contributed by atoms with E-state index >= 15 is 0 Å². The summed E-state index contributed by atoms with van der Waals surface area (Å²) in [7, 11) is 0. The summed E-state index contributed by atoms with van der Waals surface area (Å²) in [4.78, 5) is 11.4. The number of carbonyl (C=O) groups excluding carboxylic acids is 1. The zero-order valence-electron chi connectivity index (χ0n) is 9.19. The fourth-order valence-corrected chi connectivity index (χ4v) is 2.06. The maximum atomic E-state index is 11.4. The summed E-state index contributed by atoms with van der Waals surface area (Å²) in [5.41, 5.74) is 1.26. The van der Waals surface area contributed by atoms with E-state index in [-0.39, 0.29) is 11.2 Å². The molecule has 0 aromatic heterocycles. The van der Waals surface area contributed by atoms with E-state index in [2.05, 4.69) is 17.4 Å². The number of hydrogen-bond acceptors (Lipinski definition) is 2. The molecule has 82 valence electrons. The summed E-state index contributed by atoms with van der Waals surface area (Å²) in [6.07, 6.45) is 0. The second-order valence-electron chi connectivity index (χ2n) is 3.33. The predicted octanol–water partition coefficient (Wildman–Crippen LogP) is 2.44. The van der Waals surface area contributed by atoms with E-state index in [1.54, 1.807) is 11.8 Å². The molecule has 15 heavy (non-hydrogen) atoms. The molecular formula is C12H17NOS. The highest BCUT2D eigenvalue weighted by atomic mass is 32.2. The second kappa shape index (κ2) is 6.51. The van der Waals surface area contributed by atoms with Crippen molar-refractivity contribution in [3.8, 4) is 0 Å². The lowest BCUT2D eigenvalue weighted by Crippen LogP contribution is -2.30. The maximum Gasteiger partial charge on any atom is 0.232 e. The molecule has 1 N–H and O–H groups in total. The van der Waals surface area contributed by atoms with Gasteiger partial charge < -0.3 is 5.32 Å². The number of benzene rings is 1. The largest absolute Gasteiger partial charge is 0.355 e. The molecule has 0 bridgehead atoms. The van der Waals surface area contributed by atoms with Crippen LogP contribution in [0.3, 0.4) is 0 Å². The van der Waals surface area contributed by atoms with Crippen LogP contribution in [0.1, 0.15) is 19.4 Å². The van der Waals surface area contributed by atoms with Crippen molar-refractivity contribution < 1.29 is 4.79 Å². The normalized spacial score (nSPS) is 12.1. The van der Waals surface area contributed by atoms with Crippen molar-refractivity contribution in [3.05, 3.63) is 35.9 Å². The Hall–Kier alpha value is -0.960. The lowest BCUT2D eigenvalue weighted by Gasteiger charge is -2.10. The van der Waals surface area contributed by atoms with Gasteiger partial charge in [0.1, 0.15) is 0 Å². The third-order valence-electron chi connectivity index (χ3n) is 2.06.